The molecule has 0 aromatic heterocycles. The van der Waals surface area contributed by atoms with E-state index in [2.05, 4.69) is 5.32 Å². The lowest BCUT2D eigenvalue weighted by Crippen LogP contribution is -2.44. The van der Waals surface area contributed by atoms with Gasteiger partial charge in [0.1, 0.15) is 4.87 Å². The highest BCUT2D eigenvalue weighted by Gasteiger charge is 2.26. The van der Waals surface area contributed by atoms with Crippen LogP contribution in [0.2, 0.25) is 0 Å². The van der Waals surface area contributed by atoms with Crippen molar-refractivity contribution in [3.63, 3.8) is 0 Å². The molecular weight excluding hydrogens is 186 g/mol. The first kappa shape index (κ1) is 10.8. The molecule has 3 heteroatoms. The molecule has 0 saturated heterocycles. The Hall–Kier alpha value is -0.240. The highest BCUT2D eigenvalue weighted by atomic mass is 35.5. The van der Waals surface area contributed by atoms with E-state index in [0.717, 1.165) is 12.8 Å². The summed E-state index contributed by atoms with van der Waals surface area (Å²) in [5.41, 5.74) is 0. The lowest BCUT2D eigenvalue weighted by molar-refractivity contribution is -0.123. The van der Waals surface area contributed by atoms with Crippen molar-refractivity contribution in [1.82, 2.24) is 5.32 Å². The van der Waals surface area contributed by atoms with Crippen molar-refractivity contribution >= 4 is 17.5 Å². The molecule has 1 N–H and O–H groups in total. The van der Waals surface area contributed by atoms with Crippen molar-refractivity contribution in [3.8, 4) is 0 Å². The third kappa shape index (κ3) is 3.55. The quantitative estimate of drug-likeness (QED) is 0.687. The fourth-order valence-electron chi connectivity index (χ4n) is 1.60. The summed E-state index contributed by atoms with van der Waals surface area (Å²) in [5, 5.41) is 2.99. The van der Waals surface area contributed by atoms with Crippen LogP contribution in [0.25, 0.3) is 0 Å². The molecule has 13 heavy (non-hydrogen) atoms. The smallest absolute Gasteiger partial charge is 0.240 e. The fraction of sp³-hybridized carbons (Fsp3) is 0.900. The molecule has 0 spiro atoms. The van der Waals surface area contributed by atoms with Gasteiger partial charge in [0, 0.05) is 6.04 Å². The maximum Gasteiger partial charge on any atom is 0.240 e. The number of carbonyl (C=O) groups is 1. The highest BCUT2D eigenvalue weighted by molar-refractivity contribution is 6.34. The number of hydrogen-bond donors (Lipinski definition) is 1. The Labute approximate surface area is 85.0 Å². The van der Waals surface area contributed by atoms with Crippen molar-refractivity contribution < 1.29 is 4.79 Å². The third-order valence-electron chi connectivity index (χ3n) is 2.48. The maximum atomic E-state index is 11.5. The maximum absolute atomic E-state index is 11.5. The first-order valence-corrected chi connectivity index (χ1v) is 5.38. The van der Waals surface area contributed by atoms with E-state index in [1.807, 2.05) is 0 Å². The number of nitrogens with one attached hydrogen (secondary N) is 1. The zero-order chi connectivity index (χ0) is 9.90. The van der Waals surface area contributed by atoms with Crippen molar-refractivity contribution in [1.29, 1.82) is 0 Å². The fourth-order valence-corrected chi connectivity index (χ4v) is 1.66. The molecule has 0 heterocycles. The minimum atomic E-state index is -0.766. The van der Waals surface area contributed by atoms with Gasteiger partial charge in [0.2, 0.25) is 5.91 Å². The lowest BCUT2D eigenvalue weighted by atomic mass is 9.95. The summed E-state index contributed by atoms with van der Waals surface area (Å²) in [6, 6.07) is 0.360. The summed E-state index contributed by atoms with van der Waals surface area (Å²) in [7, 11) is 0. The van der Waals surface area contributed by atoms with Gasteiger partial charge in [-0.3, -0.25) is 4.79 Å². The summed E-state index contributed by atoms with van der Waals surface area (Å²) in [4.78, 5) is 10.7. The molecule has 0 aliphatic heterocycles. The number of halogens is 1. The molecule has 1 rings (SSSR count). The van der Waals surface area contributed by atoms with Crippen molar-refractivity contribution in [2.45, 2.75) is 56.9 Å². The van der Waals surface area contributed by atoms with Crippen LogP contribution >= 0.6 is 11.6 Å². The van der Waals surface area contributed by atoms with Gasteiger partial charge >= 0.3 is 0 Å². The second-order valence-corrected chi connectivity index (χ2v) is 5.23. The van der Waals surface area contributed by atoms with Crippen LogP contribution in [0, 0.1) is 0 Å². The van der Waals surface area contributed by atoms with E-state index in [0.29, 0.717) is 6.04 Å². The summed E-state index contributed by atoms with van der Waals surface area (Å²) in [6.45, 7) is 3.46. The average molecular weight is 204 g/mol. The zero-order valence-electron chi connectivity index (χ0n) is 8.40. The summed E-state index contributed by atoms with van der Waals surface area (Å²) >= 11 is 5.89. The molecule has 0 aromatic rings. The Morgan fingerprint density at radius 1 is 1.31 bits per heavy atom. The van der Waals surface area contributed by atoms with E-state index in [-0.39, 0.29) is 5.91 Å². The minimum Gasteiger partial charge on any atom is -0.352 e. The predicted molar refractivity (Wildman–Crippen MR) is 54.9 cm³/mol. The standard InChI is InChI=1S/C10H18ClNO/c1-10(2,11)9(13)12-8-6-4-3-5-7-8/h8H,3-7H2,1-2H3,(H,12,13). The van der Waals surface area contributed by atoms with Gasteiger partial charge in [-0.2, -0.15) is 0 Å². The van der Waals surface area contributed by atoms with Crippen molar-refractivity contribution in [3.05, 3.63) is 0 Å². The first-order chi connectivity index (χ1) is 6.00. The number of carbonyl (C=O) groups excluding carboxylic acids is 1. The van der Waals surface area contributed by atoms with Gasteiger partial charge in [-0.25, -0.2) is 0 Å². The molecule has 0 unspecified atom stereocenters. The molecule has 1 amide bonds. The van der Waals surface area contributed by atoms with E-state index in [9.17, 15) is 4.79 Å². The number of rotatable bonds is 2. The van der Waals surface area contributed by atoms with Gasteiger partial charge in [0.05, 0.1) is 0 Å². The number of hydrogen-bond acceptors (Lipinski definition) is 1. The lowest BCUT2D eigenvalue weighted by Gasteiger charge is -2.25. The van der Waals surface area contributed by atoms with Crippen LogP contribution in [0.15, 0.2) is 0 Å². The number of amides is 1. The van der Waals surface area contributed by atoms with Crippen LogP contribution in [0.1, 0.15) is 46.0 Å². The molecule has 1 aliphatic rings. The first-order valence-electron chi connectivity index (χ1n) is 5.00. The molecule has 76 valence electrons. The zero-order valence-corrected chi connectivity index (χ0v) is 9.16. The van der Waals surface area contributed by atoms with E-state index in [4.69, 9.17) is 11.6 Å². The Morgan fingerprint density at radius 2 is 1.85 bits per heavy atom. The highest BCUT2D eigenvalue weighted by Crippen LogP contribution is 2.19. The van der Waals surface area contributed by atoms with Crippen LogP contribution in [0.5, 0.6) is 0 Å². The largest absolute Gasteiger partial charge is 0.352 e. The van der Waals surface area contributed by atoms with Gasteiger partial charge < -0.3 is 5.32 Å². The van der Waals surface area contributed by atoms with Crippen LogP contribution in [-0.2, 0) is 4.79 Å². The van der Waals surface area contributed by atoms with Gasteiger partial charge in [0.15, 0.2) is 0 Å². The molecule has 1 fully saturated rings. The van der Waals surface area contributed by atoms with Gasteiger partial charge in [-0.1, -0.05) is 19.3 Å². The Balaban J connectivity index is 2.35. The SMILES string of the molecule is CC(C)(Cl)C(=O)NC1CCCCC1. The van der Waals surface area contributed by atoms with Crippen LogP contribution in [0.3, 0.4) is 0 Å². The molecule has 0 radical (unpaired) electrons. The Kier molecular flexibility index (Phi) is 3.60. The van der Waals surface area contributed by atoms with Crippen LogP contribution in [0.4, 0.5) is 0 Å². The predicted octanol–water partition coefficient (Wildman–Crippen LogP) is 2.45. The van der Waals surface area contributed by atoms with Gasteiger partial charge in [-0.15, -0.1) is 11.6 Å². The molecule has 2 nitrogen and oxygen atoms in total. The normalized spacial score (nSPS) is 19.9. The van der Waals surface area contributed by atoms with E-state index < -0.39 is 4.87 Å². The van der Waals surface area contributed by atoms with Crippen molar-refractivity contribution in [2.75, 3.05) is 0 Å². The second kappa shape index (κ2) is 4.32. The summed E-state index contributed by atoms with van der Waals surface area (Å²) < 4.78 is 0. The molecule has 1 saturated carbocycles. The van der Waals surface area contributed by atoms with Crippen LogP contribution < -0.4 is 5.32 Å². The second-order valence-electron chi connectivity index (χ2n) is 4.28. The topological polar surface area (TPSA) is 29.1 Å². The van der Waals surface area contributed by atoms with E-state index >= 15 is 0 Å². The monoisotopic (exact) mass is 203 g/mol. The third-order valence-corrected chi connectivity index (χ3v) is 2.65. The van der Waals surface area contributed by atoms with Crippen LogP contribution in [-0.4, -0.2) is 16.8 Å². The molecule has 0 atom stereocenters. The molecule has 1 aliphatic carbocycles. The van der Waals surface area contributed by atoms with E-state index in [1.54, 1.807) is 13.8 Å². The van der Waals surface area contributed by atoms with Gasteiger partial charge in [0.25, 0.3) is 0 Å². The summed E-state index contributed by atoms with van der Waals surface area (Å²) in [5.74, 6) is -0.0407. The number of alkyl halides is 1. The summed E-state index contributed by atoms with van der Waals surface area (Å²) in [6.07, 6.45) is 5.98. The Morgan fingerprint density at radius 3 is 2.31 bits per heavy atom. The average Bonchev–Trinajstić information content (AvgIpc) is 2.04. The van der Waals surface area contributed by atoms with Gasteiger partial charge in [-0.05, 0) is 26.7 Å². The van der Waals surface area contributed by atoms with E-state index in [1.165, 1.54) is 19.3 Å². The Bertz CT molecular complexity index is 180. The molecule has 0 bridgehead atoms. The molecule has 0 aromatic carbocycles. The van der Waals surface area contributed by atoms with Crippen molar-refractivity contribution in [2.24, 2.45) is 0 Å². The molecular formula is C10H18ClNO. The minimum absolute atomic E-state index is 0.0407.